The predicted molar refractivity (Wildman–Crippen MR) is 74.4 cm³/mol. The van der Waals surface area contributed by atoms with Crippen molar-refractivity contribution in [3.05, 3.63) is 42.2 Å². The van der Waals surface area contributed by atoms with E-state index in [1.807, 2.05) is 30.3 Å². The summed E-state index contributed by atoms with van der Waals surface area (Å²) in [5, 5.41) is 16.3. The number of carboxylic acid groups (broad SMARTS) is 1. The van der Waals surface area contributed by atoms with Crippen molar-refractivity contribution in [3.63, 3.8) is 0 Å². The fourth-order valence-electron chi connectivity index (χ4n) is 2.25. The number of hydrogen-bond acceptors (Lipinski definition) is 5. The van der Waals surface area contributed by atoms with Crippen LogP contribution in [0.5, 0.6) is 5.75 Å². The SMILES string of the molecule is O=C(O)c1cn(C2CN(CCOc3ccccc3)C2)nn1. The highest BCUT2D eigenvalue weighted by molar-refractivity contribution is 5.84. The third kappa shape index (κ3) is 3.19. The molecule has 21 heavy (non-hydrogen) atoms. The van der Waals surface area contributed by atoms with Gasteiger partial charge in [0.05, 0.1) is 12.2 Å². The minimum absolute atomic E-state index is 0.0131. The Balaban J connectivity index is 1.40. The third-order valence-corrected chi connectivity index (χ3v) is 3.46. The van der Waals surface area contributed by atoms with Gasteiger partial charge in [0.1, 0.15) is 12.4 Å². The summed E-state index contributed by atoms with van der Waals surface area (Å²) in [5.41, 5.74) is -0.0131. The number of carboxylic acids is 1. The van der Waals surface area contributed by atoms with Gasteiger partial charge in [0.25, 0.3) is 0 Å². The molecule has 7 nitrogen and oxygen atoms in total. The molecule has 1 aliphatic rings. The van der Waals surface area contributed by atoms with Crippen LogP contribution in [0.25, 0.3) is 0 Å². The Morgan fingerprint density at radius 2 is 2.10 bits per heavy atom. The molecule has 3 rings (SSSR count). The lowest BCUT2D eigenvalue weighted by Crippen LogP contribution is -2.49. The molecule has 2 heterocycles. The number of aromatic carboxylic acids is 1. The van der Waals surface area contributed by atoms with Gasteiger partial charge in [-0.1, -0.05) is 23.4 Å². The van der Waals surface area contributed by atoms with E-state index in [9.17, 15) is 4.79 Å². The maximum absolute atomic E-state index is 10.7. The summed E-state index contributed by atoms with van der Waals surface area (Å²) in [6, 6.07) is 9.90. The standard InChI is InChI=1S/C14H16N4O3/c19-14(20)13-10-18(16-15-13)11-8-17(9-11)6-7-21-12-4-2-1-3-5-12/h1-5,10-11H,6-9H2,(H,19,20). The van der Waals surface area contributed by atoms with Gasteiger partial charge in [-0.2, -0.15) is 0 Å². The smallest absolute Gasteiger partial charge is 0.358 e. The van der Waals surface area contributed by atoms with E-state index in [-0.39, 0.29) is 11.7 Å². The largest absolute Gasteiger partial charge is 0.492 e. The van der Waals surface area contributed by atoms with E-state index >= 15 is 0 Å². The van der Waals surface area contributed by atoms with Crippen LogP contribution in [-0.4, -0.2) is 57.2 Å². The average molecular weight is 288 g/mol. The summed E-state index contributed by atoms with van der Waals surface area (Å²) in [5.74, 6) is -0.175. The molecule has 0 saturated carbocycles. The number of rotatable bonds is 6. The first-order chi connectivity index (χ1) is 10.2. The number of carbonyl (C=O) groups is 1. The van der Waals surface area contributed by atoms with Crippen molar-refractivity contribution < 1.29 is 14.6 Å². The van der Waals surface area contributed by atoms with Crippen LogP contribution < -0.4 is 4.74 Å². The number of nitrogens with zero attached hydrogens (tertiary/aromatic N) is 4. The maximum Gasteiger partial charge on any atom is 0.358 e. The number of para-hydroxylation sites is 1. The first kappa shape index (κ1) is 13.6. The summed E-state index contributed by atoms with van der Waals surface area (Å²) in [6.45, 7) is 3.14. The van der Waals surface area contributed by atoms with Crippen molar-refractivity contribution in [1.82, 2.24) is 19.9 Å². The summed E-state index contributed by atoms with van der Waals surface area (Å²) in [4.78, 5) is 13.0. The highest BCUT2D eigenvalue weighted by Gasteiger charge is 2.29. The molecule has 1 aromatic carbocycles. The predicted octanol–water partition coefficient (Wildman–Crippen LogP) is 0.912. The van der Waals surface area contributed by atoms with E-state index in [4.69, 9.17) is 9.84 Å². The Bertz CT molecular complexity index is 608. The second-order valence-corrected chi connectivity index (χ2v) is 4.96. The molecule has 0 radical (unpaired) electrons. The van der Waals surface area contributed by atoms with Crippen LogP contribution in [0.3, 0.4) is 0 Å². The Kier molecular flexibility index (Phi) is 3.83. The van der Waals surface area contributed by atoms with E-state index in [2.05, 4.69) is 15.2 Å². The molecule has 0 unspecified atom stereocenters. The zero-order valence-corrected chi connectivity index (χ0v) is 11.4. The van der Waals surface area contributed by atoms with E-state index in [0.29, 0.717) is 6.61 Å². The molecule has 1 saturated heterocycles. The molecule has 0 amide bonds. The lowest BCUT2D eigenvalue weighted by Gasteiger charge is -2.38. The van der Waals surface area contributed by atoms with Crippen molar-refractivity contribution in [1.29, 1.82) is 0 Å². The lowest BCUT2D eigenvalue weighted by molar-refractivity contribution is 0.0689. The van der Waals surface area contributed by atoms with Crippen molar-refractivity contribution in [2.24, 2.45) is 0 Å². The van der Waals surface area contributed by atoms with Gasteiger partial charge in [0, 0.05) is 19.6 Å². The molecule has 0 aliphatic carbocycles. The van der Waals surface area contributed by atoms with Crippen LogP contribution in [-0.2, 0) is 0 Å². The second kappa shape index (κ2) is 5.92. The zero-order chi connectivity index (χ0) is 14.7. The van der Waals surface area contributed by atoms with Gasteiger partial charge in [0.2, 0.25) is 0 Å². The minimum Gasteiger partial charge on any atom is -0.492 e. The number of benzene rings is 1. The summed E-state index contributed by atoms with van der Waals surface area (Å²) < 4.78 is 7.26. The maximum atomic E-state index is 10.7. The summed E-state index contributed by atoms with van der Waals surface area (Å²) >= 11 is 0. The molecule has 0 spiro atoms. The molecule has 7 heteroatoms. The van der Waals surface area contributed by atoms with Crippen molar-refractivity contribution >= 4 is 5.97 Å². The minimum atomic E-state index is -1.05. The van der Waals surface area contributed by atoms with E-state index in [1.54, 1.807) is 4.68 Å². The van der Waals surface area contributed by atoms with E-state index < -0.39 is 5.97 Å². The molecule has 1 N–H and O–H groups in total. The second-order valence-electron chi connectivity index (χ2n) is 4.96. The third-order valence-electron chi connectivity index (χ3n) is 3.46. The molecular formula is C14H16N4O3. The van der Waals surface area contributed by atoms with Crippen LogP contribution in [0.15, 0.2) is 36.5 Å². The zero-order valence-electron chi connectivity index (χ0n) is 11.4. The summed E-state index contributed by atoms with van der Waals surface area (Å²) in [6.07, 6.45) is 1.48. The van der Waals surface area contributed by atoms with Crippen LogP contribution in [0.1, 0.15) is 16.5 Å². The quantitative estimate of drug-likeness (QED) is 0.851. The number of likely N-dealkylation sites (tertiary alicyclic amines) is 1. The molecule has 1 aliphatic heterocycles. The normalized spacial score (nSPS) is 15.6. The Labute approximate surface area is 121 Å². The van der Waals surface area contributed by atoms with Crippen molar-refractivity contribution in [2.75, 3.05) is 26.2 Å². The Hall–Kier alpha value is -2.41. The molecule has 2 aromatic rings. The van der Waals surface area contributed by atoms with Crippen molar-refractivity contribution in [2.45, 2.75) is 6.04 Å². The highest BCUT2D eigenvalue weighted by atomic mass is 16.5. The lowest BCUT2D eigenvalue weighted by atomic mass is 10.1. The van der Waals surface area contributed by atoms with Gasteiger partial charge in [-0.3, -0.25) is 4.90 Å². The van der Waals surface area contributed by atoms with E-state index in [0.717, 1.165) is 25.4 Å². The topological polar surface area (TPSA) is 80.5 Å². The molecule has 1 fully saturated rings. The Morgan fingerprint density at radius 3 is 2.76 bits per heavy atom. The van der Waals surface area contributed by atoms with Gasteiger partial charge in [0.15, 0.2) is 5.69 Å². The molecular weight excluding hydrogens is 272 g/mol. The van der Waals surface area contributed by atoms with Crippen molar-refractivity contribution in [3.8, 4) is 5.75 Å². The fourth-order valence-corrected chi connectivity index (χ4v) is 2.25. The first-order valence-electron chi connectivity index (χ1n) is 6.78. The highest BCUT2D eigenvalue weighted by Crippen LogP contribution is 2.20. The number of ether oxygens (including phenoxy) is 1. The number of hydrogen-bond donors (Lipinski definition) is 1. The summed E-state index contributed by atoms with van der Waals surface area (Å²) in [7, 11) is 0. The van der Waals surface area contributed by atoms with Crippen LogP contribution in [0.2, 0.25) is 0 Å². The Morgan fingerprint density at radius 1 is 1.33 bits per heavy atom. The van der Waals surface area contributed by atoms with Crippen LogP contribution >= 0.6 is 0 Å². The number of aromatic nitrogens is 3. The van der Waals surface area contributed by atoms with Crippen LogP contribution in [0.4, 0.5) is 0 Å². The van der Waals surface area contributed by atoms with Gasteiger partial charge >= 0.3 is 5.97 Å². The van der Waals surface area contributed by atoms with Gasteiger partial charge < -0.3 is 9.84 Å². The fraction of sp³-hybridized carbons (Fsp3) is 0.357. The van der Waals surface area contributed by atoms with Gasteiger partial charge in [-0.05, 0) is 12.1 Å². The van der Waals surface area contributed by atoms with Gasteiger partial charge in [-0.15, -0.1) is 5.10 Å². The van der Waals surface area contributed by atoms with E-state index in [1.165, 1.54) is 6.20 Å². The monoisotopic (exact) mass is 288 g/mol. The van der Waals surface area contributed by atoms with Gasteiger partial charge in [-0.25, -0.2) is 9.48 Å². The first-order valence-corrected chi connectivity index (χ1v) is 6.78. The molecule has 1 aromatic heterocycles. The molecule has 0 bridgehead atoms. The average Bonchev–Trinajstić information content (AvgIpc) is 2.92. The molecule has 0 atom stereocenters. The van der Waals surface area contributed by atoms with Crippen LogP contribution in [0, 0.1) is 0 Å². The molecule has 110 valence electrons.